The summed E-state index contributed by atoms with van der Waals surface area (Å²) in [6.45, 7) is 8.27. The van der Waals surface area contributed by atoms with E-state index in [9.17, 15) is 4.79 Å². The number of hydrogen-bond donors (Lipinski definition) is 1. The smallest absolute Gasteiger partial charge is 0.358 e. The minimum absolute atomic E-state index is 0.184. The summed E-state index contributed by atoms with van der Waals surface area (Å²) in [7, 11) is 0. The van der Waals surface area contributed by atoms with Gasteiger partial charge in [-0.3, -0.25) is 4.79 Å². The molecule has 0 aliphatic heterocycles. The number of hydrogen-bond acceptors (Lipinski definition) is 2. The van der Waals surface area contributed by atoms with Crippen molar-refractivity contribution in [3.05, 3.63) is 60.7 Å². The molecule has 2 rings (SSSR count). The molecule has 0 unspecified atom stereocenters. The van der Waals surface area contributed by atoms with Gasteiger partial charge in [0, 0.05) is 5.56 Å². The molecule has 0 fully saturated rings. The lowest BCUT2D eigenvalue weighted by Gasteiger charge is -2.19. The lowest BCUT2D eigenvalue weighted by atomic mass is 9.88. The van der Waals surface area contributed by atoms with Crippen molar-refractivity contribution in [2.45, 2.75) is 40.5 Å². The molecule has 0 heterocycles. The number of carboxylic acids is 1. The Morgan fingerprint density at radius 1 is 1.12 bits per heavy atom. The Balaban J connectivity index is 1.96. The lowest BCUT2D eigenvalue weighted by Crippen LogP contribution is -3.61. The number of carboxylic acid groups (broad SMARTS) is 1. The second kappa shape index (κ2) is 8.70. The molecular weight excluding hydrogens is 427 g/mol. The van der Waals surface area contributed by atoms with Gasteiger partial charge in [0.15, 0.2) is 7.14 Å². The highest BCUT2D eigenvalue weighted by Gasteiger charge is 2.26. The molecule has 0 saturated heterocycles. The summed E-state index contributed by atoms with van der Waals surface area (Å²) >= 11 is -0.184. The second-order valence-corrected chi connectivity index (χ2v) is 9.85. The van der Waals surface area contributed by atoms with Gasteiger partial charge in [0.05, 0.1) is 12.0 Å². The summed E-state index contributed by atoms with van der Waals surface area (Å²) in [4.78, 5) is 11.1. The van der Waals surface area contributed by atoms with E-state index in [1.54, 1.807) is 13.8 Å². The molecule has 0 aromatic heterocycles. The van der Waals surface area contributed by atoms with Crippen LogP contribution in [0.4, 0.5) is 0 Å². The summed E-state index contributed by atoms with van der Waals surface area (Å²) in [6.07, 6.45) is 1.34. The van der Waals surface area contributed by atoms with Gasteiger partial charge in [-0.1, -0.05) is 18.2 Å². The first-order valence-electron chi connectivity index (χ1n) is 8.47. The highest BCUT2D eigenvalue weighted by atomic mass is 127. The summed E-state index contributed by atoms with van der Waals surface area (Å²) in [5, 5.41) is 9.15. The van der Waals surface area contributed by atoms with Crippen molar-refractivity contribution in [3.8, 4) is 5.75 Å². The van der Waals surface area contributed by atoms with E-state index >= 15 is 0 Å². The SMILES string of the molecule is Cc1cc([I+]c2ccccc2)c(C)cc1OCCCC(C)(C)C(=O)O. The van der Waals surface area contributed by atoms with Crippen LogP contribution in [0.15, 0.2) is 42.5 Å². The zero-order valence-corrected chi connectivity index (χ0v) is 17.5. The van der Waals surface area contributed by atoms with Crippen molar-refractivity contribution in [2.75, 3.05) is 6.61 Å². The van der Waals surface area contributed by atoms with Crippen LogP contribution < -0.4 is 25.9 Å². The number of aryl methyl sites for hydroxylation is 2. The van der Waals surface area contributed by atoms with Crippen molar-refractivity contribution < 1.29 is 35.8 Å². The zero-order chi connectivity index (χ0) is 18.4. The highest BCUT2D eigenvalue weighted by Crippen LogP contribution is 2.24. The van der Waals surface area contributed by atoms with Crippen LogP contribution in [0.25, 0.3) is 0 Å². The summed E-state index contributed by atoms with van der Waals surface area (Å²) in [6, 6.07) is 15.0. The summed E-state index contributed by atoms with van der Waals surface area (Å²) in [5.41, 5.74) is 1.72. The van der Waals surface area contributed by atoms with Crippen LogP contribution in [0.5, 0.6) is 5.75 Å². The fourth-order valence-electron chi connectivity index (χ4n) is 2.41. The number of aliphatic carboxylic acids is 1. The van der Waals surface area contributed by atoms with Gasteiger partial charge in [0.1, 0.15) is 5.75 Å². The van der Waals surface area contributed by atoms with Crippen LogP contribution in [0.2, 0.25) is 0 Å². The van der Waals surface area contributed by atoms with Crippen molar-refractivity contribution >= 4 is 5.97 Å². The van der Waals surface area contributed by atoms with Crippen LogP contribution in [0, 0.1) is 26.4 Å². The summed E-state index contributed by atoms with van der Waals surface area (Å²) < 4.78 is 8.75. The van der Waals surface area contributed by atoms with Gasteiger partial charge in [-0.15, -0.1) is 0 Å². The standard InChI is InChI=1S/C21H25IO3/c1-15-14-19(25-12-8-11-21(3,4)20(23)24)16(2)13-18(15)22-17-9-6-5-7-10-17/h5-7,9-10,13-14H,8,11-12H2,1-4H3/p+1. The van der Waals surface area contributed by atoms with Gasteiger partial charge in [-0.2, -0.15) is 0 Å². The average Bonchev–Trinajstić information content (AvgIpc) is 2.56. The van der Waals surface area contributed by atoms with Crippen LogP contribution >= 0.6 is 0 Å². The molecule has 0 aliphatic carbocycles. The fourth-order valence-corrected chi connectivity index (χ4v) is 5.06. The van der Waals surface area contributed by atoms with E-state index in [1.165, 1.54) is 12.7 Å². The molecule has 0 amide bonds. The molecule has 134 valence electrons. The molecule has 2 aromatic carbocycles. The van der Waals surface area contributed by atoms with Gasteiger partial charge < -0.3 is 9.84 Å². The van der Waals surface area contributed by atoms with Gasteiger partial charge >= 0.3 is 27.2 Å². The normalized spacial score (nSPS) is 11.4. The van der Waals surface area contributed by atoms with Gasteiger partial charge in [0.2, 0.25) is 0 Å². The minimum atomic E-state index is -0.756. The van der Waals surface area contributed by atoms with Crippen LogP contribution in [0.1, 0.15) is 37.8 Å². The van der Waals surface area contributed by atoms with Gasteiger partial charge in [-0.25, -0.2) is 0 Å². The zero-order valence-electron chi connectivity index (χ0n) is 15.3. The molecule has 0 aliphatic rings. The quantitative estimate of drug-likeness (QED) is 0.489. The Morgan fingerprint density at radius 2 is 1.80 bits per heavy atom. The van der Waals surface area contributed by atoms with E-state index in [0.29, 0.717) is 13.0 Å². The van der Waals surface area contributed by atoms with Crippen molar-refractivity contribution in [2.24, 2.45) is 5.41 Å². The number of ether oxygens (including phenoxy) is 1. The van der Waals surface area contributed by atoms with E-state index in [0.717, 1.165) is 17.7 Å². The molecule has 4 heteroatoms. The predicted octanol–water partition coefficient (Wildman–Crippen LogP) is 1.70. The van der Waals surface area contributed by atoms with E-state index in [1.807, 2.05) is 6.07 Å². The lowest BCUT2D eigenvalue weighted by molar-refractivity contribution is -0.598. The van der Waals surface area contributed by atoms with E-state index in [-0.39, 0.29) is 21.2 Å². The van der Waals surface area contributed by atoms with Gasteiger partial charge in [0.25, 0.3) is 0 Å². The van der Waals surface area contributed by atoms with Crippen LogP contribution in [-0.4, -0.2) is 17.7 Å². The molecule has 2 aromatic rings. The fraction of sp³-hybridized carbons (Fsp3) is 0.381. The molecule has 3 nitrogen and oxygen atoms in total. The third-order valence-electron chi connectivity index (χ3n) is 4.18. The maximum Gasteiger partial charge on any atom is 0.358 e. The predicted molar refractivity (Wildman–Crippen MR) is 95.9 cm³/mol. The molecular formula is C21H26IO3+. The Labute approximate surface area is 160 Å². The van der Waals surface area contributed by atoms with Gasteiger partial charge in [-0.05, 0) is 70.4 Å². The third-order valence-corrected chi connectivity index (χ3v) is 7.27. The monoisotopic (exact) mass is 453 g/mol. The Kier molecular flexibility index (Phi) is 6.87. The topological polar surface area (TPSA) is 46.5 Å². The average molecular weight is 453 g/mol. The van der Waals surface area contributed by atoms with Crippen molar-refractivity contribution in [1.29, 1.82) is 0 Å². The van der Waals surface area contributed by atoms with Crippen LogP contribution in [-0.2, 0) is 4.79 Å². The number of halogens is 1. The van der Waals surface area contributed by atoms with Crippen LogP contribution in [0.3, 0.4) is 0 Å². The van der Waals surface area contributed by atoms with E-state index in [4.69, 9.17) is 9.84 Å². The Hall–Kier alpha value is -1.56. The third kappa shape index (κ3) is 5.73. The summed E-state index contributed by atoms with van der Waals surface area (Å²) in [5.74, 6) is 0.153. The molecule has 0 bridgehead atoms. The van der Waals surface area contributed by atoms with E-state index < -0.39 is 11.4 Å². The van der Waals surface area contributed by atoms with Crippen molar-refractivity contribution in [3.63, 3.8) is 0 Å². The minimum Gasteiger partial charge on any atom is -0.493 e. The first kappa shape index (κ1) is 19.8. The van der Waals surface area contributed by atoms with Crippen molar-refractivity contribution in [1.82, 2.24) is 0 Å². The van der Waals surface area contributed by atoms with E-state index in [2.05, 4.69) is 50.2 Å². The molecule has 1 N–H and O–H groups in total. The Bertz CT molecular complexity index is 723. The molecule has 0 atom stereocenters. The largest absolute Gasteiger partial charge is 0.493 e. The second-order valence-electron chi connectivity index (χ2n) is 6.90. The number of benzene rings is 2. The first-order valence-corrected chi connectivity index (χ1v) is 10.6. The molecule has 0 radical (unpaired) electrons. The molecule has 0 spiro atoms. The first-order chi connectivity index (χ1) is 11.8. The number of carbonyl (C=O) groups is 1. The highest BCUT2D eigenvalue weighted by molar-refractivity contribution is 5.73. The maximum atomic E-state index is 11.1. The molecule has 0 saturated carbocycles. The maximum absolute atomic E-state index is 11.1. The molecule has 25 heavy (non-hydrogen) atoms. The number of rotatable bonds is 8. The Morgan fingerprint density at radius 3 is 2.44 bits per heavy atom.